The summed E-state index contributed by atoms with van der Waals surface area (Å²) < 4.78 is 11.6. The molecular formula is C24H38N4O3. The van der Waals surface area contributed by atoms with Crippen LogP contribution >= 0.6 is 0 Å². The van der Waals surface area contributed by atoms with Crippen LogP contribution in [-0.4, -0.2) is 51.8 Å². The van der Waals surface area contributed by atoms with E-state index in [0.29, 0.717) is 50.5 Å². The van der Waals surface area contributed by atoms with Crippen LogP contribution in [0, 0.1) is 18.8 Å². The Morgan fingerprint density at radius 2 is 1.94 bits per heavy atom. The number of nitrogens with one attached hydrogen (secondary N) is 3. The molecule has 0 aromatic heterocycles. The topological polar surface area (TPSA) is 84.0 Å². The first kappa shape index (κ1) is 23.4. The number of hydrogen-bond donors (Lipinski definition) is 3. The first-order chi connectivity index (χ1) is 15.1. The number of rotatable bonds is 10. The molecule has 1 aliphatic heterocycles. The van der Waals surface area contributed by atoms with Crippen molar-refractivity contribution in [2.24, 2.45) is 16.8 Å². The number of guanidine groups is 1. The van der Waals surface area contributed by atoms with E-state index in [1.54, 1.807) is 7.05 Å². The Balaban J connectivity index is 1.38. The molecular weight excluding hydrogens is 392 g/mol. The van der Waals surface area contributed by atoms with Gasteiger partial charge < -0.3 is 25.4 Å². The highest BCUT2D eigenvalue weighted by molar-refractivity contribution is 5.80. The number of carbonyl (C=O) groups excluding carboxylic acids is 1. The van der Waals surface area contributed by atoms with E-state index in [9.17, 15) is 4.79 Å². The van der Waals surface area contributed by atoms with Gasteiger partial charge in [0.1, 0.15) is 5.75 Å². The highest BCUT2D eigenvalue weighted by Crippen LogP contribution is 2.27. The van der Waals surface area contributed by atoms with Gasteiger partial charge in [0.15, 0.2) is 5.96 Å². The molecule has 2 fully saturated rings. The predicted octanol–water partition coefficient (Wildman–Crippen LogP) is 2.77. The molecule has 1 aromatic rings. The molecule has 1 aliphatic carbocycles. The molecule has 172 valence electrons. The van der Waals surface area contributed by atoms with Gasteiger partial charge in [0.25, 0.3) is 0 Å². The van der Waals surface area contributed by atoms with E-state index in [0.717, 1.165) is 30.9 Å². The van der Waals surface area contributed by atoms with Crippen LogP contribution in [0.1, 0.15) is 49.7 Å². The molecule has 7 heteroatoms. The fourth-order valence-corrected chi connectivity index (χ4v) is 4.20. The summed E-state index contributed by atoms with van der Waals surface area (Å²) in [4.78, 5) is 16.3. The first-order valence-electron chi connectivity index (χ1n) is 11.7. The molecule has 1 unspecified atom stereocenters. The molecule has 31 heavy (non-hydrogen) atoms. The average molecular weight is 431 g/mol. The summed E-state index contributed by atoms with van der Waals surface area (Å²) in [6, 6.07) is 6.28. The number of benzene rings is 1. The summed E-state index contributed by atoms with van der Waals surface area (Å²) in [7, 11) is 1.75. The molecule has 1 amide bonds. The Bertz CT molecular complexity index is 726. The van der Waals surface area contributed by atoms with Crippen molar-refractivity contribution in [1.29, 1.82) is 0 Å². The van der Waals surface area contributed by atoms with Gasteiger partial charge in [-0.25, -0.2) is 0 Å². The van der Waals surface area contributed by atoms with Crippen molar-refractivity contribution in [3.8, 4) is 5.75 Å². The molecule has 1 atom stereocenters. The number of nitrogens with zero attached hydrogens (tertiary/aromatic N) is 1. The normalized spacial score (nSPS) is 19.4. The lowest BCUT2D eigenvalue weighted by Gasteiger charge is -2.17. The molecule has 0 radical (unpaired) electrons. The summed E-state index contributed by atoms with van der Waals surface area (Å²) in [5, 5.41) is 9.61. The molecule has 1 saturated carbocycles. The molecule has 1 heterocycles. The molecule has 3 rings (SSSR count). The zero-order valence-electron chi connectivity index (χ0n) is 19.0. The van der Waals surface area contributed by atoms with Gasteiger partial charge in [-0.15, -0.1) is 0 Å². The average Bonchev–Trinajstić information content (AvgIpc) is 3.47. The quantitative estimate of drug-likeness (QED) is 0.302. The van der Waals surface area contributed by atoms with Crippen LogP contribution in [0.25, 0.3) is 0 Å². The summed E-state index contributed by atoms with van der Waals surface area (Å²) in [5.41, 5.74) is 2.27. The van der Waals surface area contributed by atoms with Crippen molar-refractivity contribution in [3.05, 3.63) is 29.3 Å². The van der Waals surface area contributed by atoms with E-state index in [1.165, 1.54) is 31.2 Å². The van der Waals surface area contributed by atoms with Crippen molar-refractivity contribution in [2.75, 3.05) is 40.0 Å². The second kappa shape index (κ2) is 12.5. The number of hydrogen-bond acceptors (Lipinski definition) is 4. The van der Waals surface area contributed by atoms with Crippen LogP contribution in [0.15, 0.2) is 23.2 Å². The molecule has 0 bridgehead atoms. The van der Waals surface area contributed by atoms with E-state index in [1.807, 2.05) is 0 Å². The van der Waals surface area contributed by atoms with Gasteiger partial charge in [-0.05, 0) is 43.7 Å². The van der Waals surface area contributed by atoms with Crippen molar-refractivity contribution in [3.63, 3.8) is 0 Å². The number of amides is 1. The largest absolute Gasteiger partial charge is 0.493 e. The van der Waals surface area contributed by atoms with Gasteiger partial charge in [0.05, 0.1) is 13.2 Å². The Hall–Kier alpha value is -2.28. The fourth-order valence-electron chi connectivity index (χ4n) is 4.20. The van der Waals surface area contributed by atoms with Crippen molar-refractivity contribution < 1.29 is 14.3 Å². The van der Waals surface area contributed by atoms with Crippen molar-refractivity contribution in [1.82, 2.24) is 16.0 Å². The van der Waals surface area contributed by atoms with Crippen molar-refractivity contribution in [2.45, 2.75) is 52.0 Å². The van der Waals surface area contributed by atoms with Crippen LogP contribution < -0.4 is 20.7 Å². The van der Waals surface area contributed by atoms with Gasteiger partial charge in [-0.2, -0.15) is 0 Å². The summed E-state index contributed by atoms with van der Waals surface area (Å²) in [6.45, 7) is 6.22. The summed E-state index contributed by atoms with van der Waals surface area (Å²) in [5.74, 6) is 2.83. The number of ether oxygens (including phenoxy) is 2. The van der Waals surface area contributed by atoms with Crippen molar-refractivity contribution >= 4 is 11.9 Å². The Morgan fingerprint density at radius 3 is 2.68 bits per heavy atom. The number of aryl methyl sites for hydroxylation is 1. The lowest BCUT2D eigenvalue weighted by molar-refractivity contribution is -0.121. The highest BCUT2D eigenvalue weighted by Gasteiger charge is 2.18. The SMILES string of the molecule is CN=C(NCCNC(=O)CC1CCCC1)NCc1ccc(C)cc1OCC1CCOC1. The molecule has 7 nitrogen and oxygen atoms in total. The Kier molecular flexibility index (Phi) is 9.46. The zero-order valence-corrected chi connectivity index (χ0v) is 19.0. The maximum atomic E-state index is 12.0. The fraction of sp³-hybridized carbons (Fsp3) is 0.667. The smallest absolute Gasteiger partial charge is 0.220 e. The van der Waals surface area contributed by atoms with Crippen LogP contribution in [0.3, 0.4) is 0 Å². The van der Waals surface area contributed by atoms with E-state index in [4.69, 9.17) is 9.47 Å². The maximum Gasteiger partial charge on any atom is 0.220 e. The monoisotopic (exact) mass is 430 g/mol. The van der Waals surface area contributed by atoms with Gasteiger partial charge in [-0.1, -0.05) is 25.0 Å². The zero-order chi connectivity index (χ0) is 21.9. The Morgan fingerprint density at radius 1 is 1.13 bits per heavy atom. The van der Waals surface area contributed by atoms with Gasteiger partial charge >= 0.3 is 0 Å². The van der Waals surface area contributed by atoms with E-state index >= 15 is 0 Å². The second-order valence-electron chi connectivity index (χ2n) is 8.71. The van der Waals surface area contributed by atoms with Crippen LogP contribution in [-0.2, 0) is 16.1 Å². The van der Waals surface area contributed by atoms with E-state index in [2.05, 4.69) is 46.1 Å². The van der Waals surface area contributed by atoms with Gasteiger partial charge in [0, 0.05) is 51.2 Å². The van der Waals surface area contributed by atoms with Gasteiger partial charge in [-0.3, -0.25) is 9.79 Å². The number of carbonyl (C=O) groups is 1. The minimum atomic E-state index is 0.158. The second-order valence-corrected chi connectivity index (χ2v) is 8.71. The van der Waals surface area contributed by atoms with E-state index < -0.39 is 0 Å². The van der Waals surface area contributed by atoms with Crippen LogP contribution in [0.5, 0.6) is 5.75 Å². The standard InChI is InChI=1S/C24H38N4O3/c1-18-7-8-21(22(13-18)31-17-20-9-12-30-16-20)15-28-24(25-2)27-11-10-26-23(29)14-19-5-3-4-6-19/h7-8,13,19-20H,3-6,9-12,14-17H2,1-2H3,(H,26,29)(H2,25,27,28). The number of aliphatic imine (C=N–C) groups is 1. The van der Waals surface area contributed by atoms with Crippen LogP contribution in [0.4, 0.5) is 0 Å². The third-order valence-corrected chi connectivity index (χ3v) is 6.08. The Labute approximate surface area is 186 Å². The lowest BCUT2D eigenvalue weighted by atomic mass is 10.0. The summed E-state index contributed by atoms with van der Waals surface area (Å²) >= 11 is 0. The molecule has 1 saturated heterocycles. The minimum absolute atomic E-state index is 0.158. The molecule has 0 spiro atoms. The lowest BCUT2D eigenvalue weighted by Crippen LogP contribution is -2.41. The maximum absolute atomic E-state index is 12.0. The third kappa shape index (κ3) is 8.05. The minimum Gasteiger partial charge on any atom is -0.493 e. The molecule has 1 aromatic carbocycles. The van der Waals surface area contributed by atoms with E-state index in [-0.39, 0.29) is 5.91 Å². The molecule has 2 aliphatic rings. The predicted molar refractivity (Wildman–Crippen MR) is 123 cm³/mol. The molecule has 3 N–H and O–H groups in total. The highest BCUT2D eigenvalue weighted by atomic mass is 16.5. The summed E-state index contributed by atoms with van der Waals surface area (Å²) in [6.07, 6.45) is 6.65. The third-order valence-electron chi connectivity index (χ3n) is 6.08. The van der Waals surface area contributed by atoms with Gasteiger partial charge in [0.2, 0.25) is 5.91 Å². The van der Waals surface area contributed by atoms with Crippen LogP contribution in [0.2, 0.25) is 0 Å². The first-order valence-corrected chi connectivity index (χ1v) is 11.7.